The predicted octanol–water partition coefficient (Wildman–Crippen LogP) is 1.27. The average molecular weight is 200 g/mol. The van der Waals surface area contributed by atoms with Gasteiger partial charge in [-0.05, 0) is 27.7 Å². The number of hydrogen-bond acceptors (Lipinski definition) is 4. The predicted molar refractivity (Wildman–Crippen MR) is 50.8 cm³/mol. The van der Waals surface area contributed by atoms with Gasteiger partial charge >= 0.3 is 5.97 Å². The van der Waals surface area contributed by atoms with E-state index in [0.717, 1.165) is 0 Å². The minimum absolute atomic E-state index is 0.195. The van der Waals surface area contributed by atoms with Gasteiger partial charge in [-0.2, -0.15) is 0 Å². The van der Waals surface area contributed by atoms with Gasteiger partial charge in [0, 0.05) is 0 Å². The van der Waals surface area contributed by atoms with Crippen molar-refractivity contribution in [2.45, 2.75) is 46.1 Å². The van der Waals surface area contributed by atoms with Crippen LogP contribution in [0, 0.1) is 0 Å². The molecule has 0 aromatic heterocycles. The zero-order valence-corrected chi connectivity index (χ0v) is 9.05. The normalized spacial score (nSPS) is 10.9. The van der Waals surface area contributed by atoms with Crippen LogP contribution in [0.2, 0.25) is 0 Å². The molecule has 0 radical (unpaired) electrons. The summed E-state index contributed by atoms with van der Waals surface area (Å²) in [5, 5.41) is 0. The topological polar surface area (TPSA) is 60.4 Å². The Hall–Kier alpha value is -1.19. The van der Waals surface area contributed by atoms with Crippen LogP contribution in [0.25, 0.3) is 0 Å². The Morgan fingerprint density at radius 3 is 1.93 bits per heavy atom. The lowest BCUT2D eigenvalue weighted by Gasteiger charge is -2.18. The number of rotatable bonds is 4. The van der Waals surface area contributed by atoms with Gasteiger partial charge in [-0.3, -0.25) is 14.4 Å². The highest BCUT2D eigenvalue weighted by molar-refractivity contribution is 6.04. The second-order valence-corrected chi connectivity index (χ2v) is 4.18. The molecule has 0 aromatic carbocycles. The fraction of sp³-hybridized carbons (Fsp3) is 0.700. The highest BCUT2D eigenvalue weighted by Gasteiger charge is 2.19. The zero-order valence-electron chi connectivity index (χ0n) is 9.05. The van der Waals surface area contributed by atoms with E-state index in [1.807, 2.05) is 0 Å². The van der Waals surface area contributed by atoms with Crippen LogP contribution >= 0.6 is 0 Å². The third-order valence-electron chi connectivity index (χ3n) is 1.21. The van der Waals surface area contributed by atoms with Crippen molar-refractivity contribution in [3.8, 4) is 0 Å². The standard InChI is InChI=1S/C10H16O4/c1-7(11)5-8(12)6-9(13)14-10(2,3)4/h5-6H2,1-4H3. The van der Waals surface area contributed by atoms with Gasteiger partial charge in [0.05, 0.1) is 6.42 Å². The first-order valence-electron chi connectivity index (χ1n) is 4.43. The molecule has 0 saturated carbocycles. The first-order chi connectivity index (χ1) is 6.20. The van der Waals surface area contributed by atoms with E-state index in [4.69, 9.17) is 4.74 Å². The minimum atomic E-state index is -0.590. The Balaban J connectivity index is 3.96. The fourth-order valence-corrected chi connectivity index (χ4v) is 0.879. The van der Waals surface area contributed by atoms with Crippen LogP contribution in [-0.2, 0) is 19.1 Å². The van der Waals surface area contributed by atoms with Gasteiger partial charge in [0.25, 0.3) is 0 Å². The van der Waals surface area contributed by atoms with Crippen molar-refractivity contribution in [3.05, 3.63) is 0 Å². The lowest BCUT2D eigenvalue weighted by Crippen LogP contribution is -2.25. The van der Waals surface area contributed by atoms with Crippen LogP contribution < -0.4 is 0 Å². The second kappa shape index (κ2) is 4.88. The van der Waals surface area contributed by atoms with Crippen LogP contribution in [0.1, 0.15) is 40.5 Å². The molecule has 0 amide bonds. The van der Waals surface area contributed by atoms with Crippen LogP contribution in [0.3, 0.4) is 0 Å². The van der Waals surface area contributed by atoms with Crippen molar-refractivity contribution in [1.82, 2.24) is 0 Å². The quantitative estimate of drug-likeness (QED) is 0.506. The Morgan fingerprint density at radius 2 is 1.57 bits per heavy atom. The van der Waals surface area contributed by atoms with Gasteiger partial charge in [0.1, 0.15) is 17.8 Å². The summed E-state index contributed by atoms with van der Waals surface area (Å²) in [6, 6.07) is 0. The van der Waals surface area contributed by atoms with Crippen LogP contribution in [-0.4, -0.2) is 23.1 Å². The minimum Gasteiger partial charge on any atom is -0.460 e. The first kappa shape index (κ1) is 12.8. The molecule has 0 spiro atoms. The maximum atomic E-state index is 11.1. The summed E-state index contributed by atoms with van der Waals surface area (Å²) in [5.74, 6) is -1.21. The van der Waals surface area contributed by atoms with Crippen molar-refractivity contribution >= 4 is 17.5 Å². The third-order valence-corrected chi connectivity index (χ3v) is 1.21. The number of ether oxygens (including phenoxy) is 1. The van der Waals surface area contributed by atoms with Crippen molar-refractivity contribution < 1.29 is 19.1 Å². The molecule has 4 nitrogen and oxygen atoms in total. The highest BCUT2D eigenvalue weighted by Crippen LogP contribution is 2.08. The van der Waals surface area contributed by atoms with E-state index < -0.39 is 17.4 Å². The smallest absolute Gasteiger partial charge is 0.313 e. The van der Waals surface area contributed by atoms with E-state index in [1.165, 1.54) is 6.92 Å². The van der Waals surface area contributed by atoms with Crippen LogP contribution in [0.15, 0.2) is 0 Å². The van der Waals surface area contributed by atoms with E-state index in [1.54, 1.807) is 20.8 Å². The molecule has 0 aromatic rings. The third kappa shape index (κ3) is 7.46. The summed E-state index contributed by atoms with van der Waals surface area (Å²) in [4.78, 5) is 32.7. The number of carbonyl (C=O) groups is 3. The Labute approximate surface area is 83.6 Å². The van der Waals surface area contributed by atoms with Gasteiger partial charge in [-0.25, -0.2) is 0 Å². The van der Waals surface area contributed by atoms with Gasteiger partial charge in [-0.15, -0.1) is 0 Å². The number of carbonyl (C=O) groups excluding carboxylic acids is 3. The molecule has 0 rings (SSSR count). The van der Waals surface area contributed by atoms with Gasteiger partial charge < -0.3 is 4.74 Å². The average Bonchev–Trinajstić information content (AvgIpc) is 1.77. The van der Waals surface area contributed by atoms with E-state index in [0.29, 0.717) is 0 Å². The fourth-order valence-electron chi connectivity index (χ4n) is 0.879. The molecule has 0 aliphatic rings. The molecule has 0 atom stereocenters. The highest BCUT2D eigenvalue weighted by atomic mass is 16.6. The molecule has 0 N–H and O–H groups in total. The molecule has 0 saturated heterocycles. The maximum absolute atomic E-state index is 11.1. The summed E-state index contributed by atoms with van der Waals surface area (Å²) >= 11 is 0. The molecular weight excluding hydrogens is 184 g/mol. The molecule has 0 heterocycles. The molecule has 0 fully saturated rings. The molecule has 0 bridgehead atoms. The molecule has 0 aliphatic heterocycles. The Morgan fingerprint density at radius 1 is 1.07 bits per heavy atom. The first-order valence-corrected chi connectivity index (χ1v) is 4.43. The van der Waals surface area contributed by atoms with Gasteiger partial charge in [0.15, 0.2) is 5.78 Å². The zero-order chi connectivity index (χ0) is 11.4. The number of ketones is 2. The molecule has 0 unspecified atom stereocenters. The second-order valence-electron chi connectivity index (χ2n) is 4.18. The molecular formula is C10H16O4. The van der Waals surface area contributed by atoms with E-state index in [2.05, 4.69) is 0 Å². The maximum Gasteiger partial charge on any atom is 0.313 e. The molecule has 0 aliphatic carbocycles. The van der Waals surface area contributed by atoms with Crippen molar-refractivity contribution in [2.24, 2.45) is 0 Å². The molecule has 14 heavy (non-hydrogen) atoms. The van der Waals surface area contributed by atoms with Gasteiger partial charge in [0.2, 0.25) is 0 Å². The van der Waals surface area contributed by atoms with Crippen molar-refractivity contribution in [3.63, 3.8) is 0 Å². The van der Waals surface area contributed by atoms with E-state index in [9.17, 15) is 14.4 Å². The van der Waals surface area contributed by atoms with E-state index >= 15 is 0 Å². The summed E-state index contributed by atoms with van der Waals surface area (Å²) in [6.45, 7) is 6.48. The number of hydrogen-bond donors (Lipinski definition) is 0. The summed E-state index contributed by atoms with van der Waals surface area (Å²) in [5.41, 5.74) is -0.590. The van der Waals surface area contributed by atoms with Crippen molar-refractivity contribution in [2.75, 3.05) is 0 Å². The summed E-state index contributed by atoms with van der Waals surface area (Å²) < 4.78 is 4.92. The lowest BCUT2D eigenvalue weighted by molar-refractivity contribution is -0.156. The SMILES string of the molecule is CC(=O)CC(=O)CC(=O)OC(C)(C)C. The largest absolute Gasteiger partial charge is 0.460 e. The molecule has 80 valence electrons. The monoisotopic (exact) mass is 200 g/mol. The summed E-state index contributed by atoms with van der Waals surface area (Å²) in [6.07, 6.45) is -0.518. The van der Waals surface area contributed by atoms with Crippen LogP contribution in [0.4, 0.5) is 0 Å². The molecule has 4 heteroatoms. The number of Topliss-reactive ketones (excluding diaryl/α,β-unsaturated/α-hetero) is 2. The van der Waals surface area contributed by atoms with Gasteiger partial charge in [-0.1, -0.05) is 0 Å². The lowest BCUT2D eigenvalue weighted by atomic mass is 10.1. The van der Waals surface area contributed by atoms with E-state index in [-0.39, 0.29) is 18.6 Å². The van der Waals surface area contributed by atoms with Crippen LogP contribution in [0.5, 0.6) is 0 Å². The number of esters is 1. The summed E-state index contributed by atoms with van der Waals surface area (Å²) in [7, 11) is 0. The Bertz CT molecular complexity index is 247. The van der Waals surface area contributed by atoms with Crippen molar-refractivity contribution in [1.29, 1.82) is 0 Å². The Kier molecular flexibility index (Phi) is 4.47.